The molecule has 0 bridgehead atoms. The molecule has 2 N–H and O–H groups in total. The van der Waals surface area contributed by atoms with Crippen molar-refractivity contribution in [3.05, 3.63) is 76.7 Å². The number of alkyl halides is 3. The van der Waals surface area contributed by atoms with Crippen molar-refractivity contribution in [1.82, 2.24) is 9.78 Å². The third-order valence-corrected chi connectivity index (χ3v) is 4.15. The molecular weight excluding hydrogens is 456 g/mol. The smallest absolute Gasteiger partial charge is 0.332 e. The monoisotopic (exact) mass is 466 g/mol. The van der Waals surface area contributed by atoms with Gasteiger partial charge in [-0.05, 0) is 30.4 Å². The first kappa shape index (κ1) is 22.5. The molecule has 1 aromatic heterocycles. The van der Waals surface area contributed by atoms with E-state index in [2.05, 4.69) is 15.7 Å². The Hall–Kier alpha value is -3.22. The molecule has 0 aliphatic carbocycles. The summed E-state index contributed by atoms with van der Waals surface area (Å²) in [6.07, 6.45) is -3.37. The van der Waals surface area contributed by atoms with E-state index in [1.165, 1.54) is 24.4 Å². The number of hydrogen-bond donors (Lipinski definition) is 2. The van der Waals surface area contributed by atoms with Crippen LogP contribution in [0.4, 0.5) is 46.6 Å². The Kier molecular flexibility index (Phi) is 6.15. The third kappa shape index (κ3) is 4.93. The molecule has 3 rings (SSSR count). The molecule has 0 aliphatic heterocycles. The minimum absolute atomic E-state index is 0.00773. The van der Waals surface area contributed by atoms with Gasteiger partial charge in [0.05, 0.1) is 17.7 Å². The zero-order chi connectivity index (χ0) is 22.9. The molecule has 0 atom stereocenters. The fraction of sp³-hybridized carbons (Fsp3) is 0.111. The molecule has 31 heavy (non-hydrogen) atoms. The highest BCUT2D eigenvalue weighted by Crippen LogP contribution is 2.30. The van der Waals surface area contributed by atoms with Crippen molar-refractivity contribution in [3.63, 3.8) is 0 Å². The molecule has 1 heterocycles. The summed E-state index contributed by atoms with van der Waals surface area (Å²) in [4.78, 5) is 0. The number of nitrogens with zero attached hydrogens (tertiary/aromatic N) is 2. The number of aromatic nitrogens is 2. The standard InChI is InChI=1S/C18H10F8N4S/c19-12-10(13(20)15(22)16(23)14(12)21)7-30-5-4-11(29-30)28-17(31)27-9-3-1-2-8(6-9)18(24,25)26/h1-6H,7H2,(H2,27,28,29,31). The lowest BCUT2D eigenvalue weighted by Gasteiger charge is -2.11. The van der Waals surface area contributed by atoms with E-state index >= 15 is 0 Å². The van der Waals surface area contributed by atoms with E-state index < -0.39 is 52.9 Å². The van der Waals surface area contributed by atoms with Gasteiger partial charge in [-0.25, -0.2) is 22.0 Å². The van der Waals surface area contributed by atoms with E-state index in [-0.39, 0.29) is 16.6 Å². The van der Waals surface area contributed by atoms with Crippen molar-refractivity contribution in [3.8, 4) is 0 Å². The van der Waals surface area contributed by atoms with E-state index in [4.69, 9.17) is 12.2 Å². The van der Waals surface area contributed by atoms with Crippen LogP contribution in [0.25, 0.3) is 0 Å². The number of nitrogens with one attached hydrogen (secondary N) is 2. The molecule has 0 saturated heterocycles. The number of benzene rings is 2. The predicted octanol–water partition coefficient (Wildman–Crippen LogP) is 5.45. The summed E-state index contributed by atoms with van der Waals surface area (Å²) in [6.45, 7) is -0.777. The van der Waals surface area contributed by atoms with Gasteiger partial charge in [0.1, 0.15) is 0 Å². The second kappa shape index (κ2) is 8.49. The summed E-state index contributed by atoms with van der Waals surface area (Å²) in [5.41, 5.74) is -1.95. The van der Waals surface area contributed by atoms with Crippen molar-refractivity contribution < 1.29 is 35.1 Å². The van der Waals surface area contributed by atoms with Crippen LogP contribution in [0, 0.1) is 29.1 Å². The molecule has 13 heteroatoms. The summed E-state index contributed by atoms with van der Waals surface area (Å²) in [7, 11) is 0. The molecule has 0 aliphatic rings. The summed E-state index contributed by atoms with van der Waals surface area (Å²) in [6, 6.07) is 5.49. The van der Waals surface area contributed by atoms with Crippen molar-refractivity contribution in [2.45, 2.75) is 12.7 Å². The fourth-order valence-corrected chi connectivity index (χ4v) is 2.74. The second-order valence-electron chi connectivity index (χ2n) is 6.10. The second-order valence-corrected chi connectivity index (χ2v) is 6.51. The Morgan fingerprint density at radius 1 is 0.903 bits per heavy atom. The average molecular weight is 466 g/mol. The third-order valence-electron chi connectivity index (χ3n) is 3.95. The quantitative estimate of drug-likeness (QED) is 0.232. The lowest BCUT2D eigenvalue weighted by Crippen LogP contribution is -2.20. The molecule has 4 nitrogen and oxygen atoms in total. The first-order chi connectivity index (χ1) is 14.5. The van der Waals surface area contributed by atoms with Gasteiger partial charge in [0.25, 0.3) is 0 Å². The van der Waals surface area contributed by atoms with Gasteiger partial charge in [-0.15, -0.1) is 0 Å². The molecule has 0 unspecified atom stereocenters. The first-order valence-electron chi connectivity index (χ1n) is 8.26. The molecule has 2 aromatic carbocycles. The minimum Gasteiger partial charge on any atom is -0.332 e. The van der Waals surface area contributed by atoms with Crippen LogP contribution in [-0.2, 0) is 12.7 Å². The van der Waals surface area contributed by atoms with E-state index in [1.807, 2.05) is 0 Å². The highest BCUT2D eigenvalue weighted by Gasteiger charge is 2.30. The summed E-state index contributed by atoms with van der Waals surface area (Å²) >= 11 is 4.97. The topological polar surface area (TPSA) is 41.9 Å². The van der Waals surface area contributed by atoms with Crippen LogP contribution in [0.1, 0.15) is 11.1 Å². The molecule has 0 spiro atoms. The Morgan fingerprint density at radius 3 is 2.13 bits per heavy atom. The van der Waals surface area contributed by atoms with Crippen LogP contribution in [0.15, 0.2) is 36.5 Å². The van der Waals surface area contributed by atoms with Gasteiger partial charge in [0.2, 0.25) is 5.82 Å². The molecule has 0 saturated carbocycles. The predicted molar refractivity (Wildman–Crippen MR) is 98.8 cm³/mol. The Morgan fingerprint density at radius 2 is 1.52 bits per heavy atom. The maximum Gasteiger partial charge on any atom is 0.416 e. The van der Waals surface area contributed by atoms with Gasteiger partial charge in [0, 0.05) is 18.0 Å². The van der Waals surface area contributed by atoms with Gasteiger partial charge in [-0.1, -0.05) is 6.07 Å². The van der Waals surface area contributed by atoms with Gasteiger partial charge in [0.15, 0.2) is 34.2 Å². The van der Waals surface area contributed by atoms with Crippen LogP contribution in [0.3, 0.4) is 0 Å². The van der Waals surface area contributed by atoms with Gasteiger partial charge in [-0.2, -0.15) is 18.3 Å². The van der Waals surface area contributed by atoms with Gasteiger partial charge >= 0.3 is 6.18 Å². The van der Waals surface area contributed by atoms with Crippen molar-refractivity contribution in [2.75, 3.05) is 10.6 Å². The zero-order valence-electron chi connectivity index (χ0n) is 15.0. The Balaban J connectivity index is 1.71. The highest BCUT2D eigenvalue weighted by atomic mass is 32.1. The lowest BCUT2D eigenvalue weighted by molar-refractivity contribution is -0.137. The minimum atomic E-state index is -4.55. The van der Waals surface area contributed by atoms with Crippen molar-refractivity contribution in [2.24, 2.45) is 0 Å². The first-order valence-corrected chi connectivity index (χ1v) is 8.67. The van der Waals surface area contributed by atoms with Crippen LogP contribution in [0.5, 0.6) is 0 Å². The number of hydrogen-bond acceptors (Lipinski definition) is 2. The average Bonchev–Trinajstić information content (AvgIpc) is 3.14. The zero-order valence-corrected chi connectivity index (χ0v) is 15.8. The molecule has 164 valence electrons. The fourth-order valence-electron chi connectivity index (χ4n) is 2.52. The number of thiocarbonyl (C=S) groups is 1. The van der Waals surface area contributed by atoms with Crippen LogP contribution < -0.4 is 10.6 Å². The number of rotatable bonds is 4. The van der Waals surface area contributed by atoms with E-state index in [1.54, 1.807) is 0 Å². The van der Waals surface area contributed by atoms with E-state index in [0.717, 1.165) is 16.8 Å². The van der Waals surface area contributed by atoms with Crippen LogP contribution >= 0.6 is 12.2 Å². The Labute approximate surface area is 174 Å². The molecule has 0 fully saturated rings. The summed E-state index contributed by atoms with van der Waals surface area (Å²) < 4.78 is 106. The maximum absolute atomic E-state index is 13.8. The van der Waals surface area contributed by atoms with E-state index in [0.29, 0.717) is 0 Å². The molecule has 0 amide bonds. The van der Waals surface area contributed by atoms with Gasteiger partial charge in [-0.3, -0.25) is 4.68 Å². The SMILES string of the molecule is Fc1c(F)c(F)c(Cn2ccc(NC(=S)Nc3cccc(C(F)(F)F)c3)n2)c(F)c1F. The summed E-state index contributed by atoms with van der Waals surface area (Å²) in [5, 5.41) is 8.72. The van der Waals surface area contributed by atoms with Crippen molar-refractivity contribution in [1.29, 1.82) is 0 Å². The molecular formula is C18H10F8N4S. The molecule has 0 radical (unpaired) electrons. The molecule has 3 aromatic rings. The Bertz CT molecular complexity index is 1110. The van der Waals surface area contributed by atoms with Crippen LogP contribution in [0.2, 0.25) is 0 Å². The number of halogens is 8. The lowest BCUT2D eigenvalue weighted by atomic mass is 10.1. The normalized spacial score (nSPS) is 11.5. The van der Waals surface area contributed by atoms with E-state index in [9.17, 15) is 35.1 Å². The number of anilines is 2. The van der Waals surface area contributed by atoms with Crippen molar-refractivity contribution >= 4 is 28.8 Å². The summed E-state index contributed by atoms with van der Waals surface area (Å²) in [5.74, 6) is -10.4. The highest BCUT2D eigenvalue weighted by molar-refractivity contribution is 7.80. The maximum atomic E-state index is 13.8. The van der Waals surface area contributed by atoms with Crippen LogP contribution in [-0.4, -0.2) is 14.9 Å². The largest absolute Gasteiger partial charge is 0.416 e. The van der Waals surface area contributed by atoms with Gasteiger partial charge < -0.3 is 10.6 Å².